The Bertz CT molecular complexity index is 976. The summed E-state index contributed by atoms with van der Waals surface area (Å²) in [5.74, 6) is 0.881. The Hall–Kier alpha value is -3.27. The molecule has 0 atom stereocenters. The first-order valence-electron chi connectivity index (χ1n) is 7.36. The lowest BCUT2D eigenvalue weighted by Gasteiger charge is -2.09. The molecular weight excluding hydrogens is 286 g/mol. The van der Waals surface area contributed by atoms with Crippen molar-refractivity contribution in [3.8, 4) is 22.8 Å². The molecule has 4 aromatic rings. The van der Waals surface area contributed by atoms with Gasteiger partial charge in [0.1, 0.15) is 11.6 Å². The Morgan fingerprint density at radius 3 is 2.22 bits per heavy atom. The molecule has 4 heteroatoms. The van der Waals surface area contributed by atoms with Gasteiger partial charge in [-0.05, 0) is 18.2 Å². The Labute approximate surface area is 133 Å². The second-order valence-corrected chi connectivity index (χ2v) is 5.37. The molecule has 0 bridgehead atoms. The van der Waals surface area contributed by atoms with E-state index in [1.807, 2.05) is 65.2 Å². The summed E-state index contributed by atoms with van der Waals surface area (Å²) >= 11 is 0. The molecule has 112 valence electrons. The van der Waals surface area contributed by atoms with Gasteiger partial charge in [-0.1, -0.05) is 48.5 Å². The van der Waals surface area contributed by atoms with Crippen LogP contribution in [0.15, 0.2) is 72.8 Å². The van der Waals surface area contributed by atoms with Crippen LogP contribution in [-0.2, 0) is 0 Å². The molecule has 3 aromatic carbocycles. The summed E-state index contributed by atoms with van der Waals surface area (Å²) in [7, 11) is 0. The van der Waals surface area contributed by atoms with Crippen LogP contribution in [0.1, 0.15) is 0 Å². The number of fused-ring (bicyclic) bond motifs is 1. The molecule has 1 heterocycles. The van der Waals surface area contributed by atoms with Crippen LogP contribution in [0.3, 0.4) is 0 Å². The van der Waals surface area contributed by atoms with Crippen LogP contribution in [0.25, 0.3) is 28.1 Å². The fraction of sp³-hybridized carbons (Fsp3) is 0. The fourth-order valence-electron chi connectivity index (χ4n) is 2.75. The molecule has 0 fully saturated rings. The highest BCUT2D eigenvalue weighted by Gasteiger charge is 2.15. The second-order valence-electron chi connectivity index (χ2n) is 5.37. The summed E-state index contributed by atoms with van der Waals surface area (Å²) in [5.41, 5.74) is 9.72. The molecule has 0 amide bonds. The standard InChI is InChI=1S/C19H15N3O/c20-15-11-16-17(12-18(15)23)22(14-9-5-2-6-10-14)19(21-16)13-7-3-1-4-8-13/h1-12,23H,20H2. The number of para-hydroxylation sites is 1. The van der Waals surface area contributed by atoms with Crippen LogP contribution in [0.2, 0.25) is 0 Å². The van der Waals surface area contributed by atoms with Crippen molar-refractivity contribution in [3.63, 3.8) is 0 Å². The number of aromatic hydroxyl groups is 1. The molecule has 0 spiro atoms. The molecule has 0 saturated heterocycles. The lowest BCUT2D eigenvalue weighted by molar-refractivity contribution is 0.478. The highest BCUT2D eigenvalue weighted by molar-refractivity contribution is 5.87. The SMILES string of the molecule is Nc1cc2nc(-c3ccccc3)n(-c3ccccc3)c2cc1O. The number of hydrogen-bond acceptors (Lipinski definition) is 3. The minimum Gasteiger partial charge on any atom is -0.506 e. The van der Waals surface area contributed by atoms with E-state index in [-0.39, 0.29) is 5.75 Å². The maximum absolute atomic E-state index is 10.0. The lowest BCUT2D eigenvalue weighted by Crippen LogP contribution is -1.97. The van der Waals surface area contributed by atoms with E-state index < -0.39 is 0 Å². The maximum atomic E-state index is 10.0. The van der Waals surface area contributed by atoms with E-state index in [0.717, 1.165) is 28.1 Å². The van der Waals surface area contributed by atoms with Gasteiger partial charge in [0.2, 0.25) is 0 Å². The molecule has 0 aliphatic heterocycles. The Morgan fingerprint density at radius 2 is 1.52 bits per heavy atom. The number of nitrogen functional groups attached to an aromatic ring is 1. The first-order valence-corrected chi connectivity index (χ1v) is 7.36. The van der Waals surface area contributed by atoms with Crippen LogP contribution >= 0.6 is 0 Å². The van der Waals surface area contributed by atoms with Gasteiger partial charge in [-0.25, -0.2) is 4.98 Å². The van der Waals surface area contributed by atoms with Crippen molar-refractivity contribution in [1.82, 2.24) is 9.55 Å². The van der Waals surface area contributed by atoms with Gasteiger partial charge in [0, 0.05) is 17.3 Å². The molecule has 4 rings (SSSR count). The number of phenols is 1. The van der Waals surface area contributed by atoms with E-state index in [2.05, 4.69) is 0 Å². The molecule has 4 nitrogen and oxygen atoms in total. The van der Waals surface area contributed by atoms with Crippen molar-refractivity contribution >= 4 is 16.7 Å². The van der Waals surface area contributed by atoms with E-state index in [0.29, 0.717) is 5.69 Å². The summed E-state index contributed by atoms with van der Waals surface area (Å²) in [5, 5.41) is 10.0. The van der Waals surface area contributed by atoms with Crippen LogP contribution in [0.5, 0.6) is 5.75 Å². The van der Waals surface area contributed by atoms with Crippen LogP contribution in [0, 0.1) is 0 Å². The van der Waals surface area contributed by atoms with Crippen LogP contribution < -0.4 is 5.73 Å². The highest BCUT2D eigenvalue weighted by atomic mass is 16.3. The molecular formula is C19H15N3O. The monoisotopic (exact) mass is 301 g/mol. The van der Waals surface area contributed by atoms with Crippen molar-refractivity contribution < 1.29 is 5.11 Å². The molecule has 0 radical (unpaired) electrons. The molecule has 0 unspecified atom stereocenters. The average molecular weight is 301 g/mol. The van der Waals surface area contributed by atoms with Crippen molar-refractivity contribution in [2.75, 3.05) is 5.73 Å². The number of imidazole rings is 1. The summed E-state index contributed by atoms with van der Waals surface area (Å²) < 4.78 is 2.03. The van der Waals surface area contributed by atoms with Gasteiger partial charge in [-0.3, -0.25) is 4.57 Å². The zero-order chi connectivity index (χ0) is 15.8. The number of benzene rings is 3. The van der Waals surface area contributed by atoms with Gasteiger partial charge in [-0.15, -0.1) is 0 Å². The van der Waals surface area contributed by atoms with E-state index in [9.17, 15) is 5.11 Å². The zero-order valence-corrected chi connectivity index (χ0v) is 12.3. The number of nitrogens with zero attached hydrogens (tertiary/aromatic N) is 2. The van der Waals surface area contributed by atoms with Crippen molar-refractivity contribution in [2.45, 2.75) is 0 Å². The number of hydrogen-bond donors (Lipinski definition) is 2. The van der Waals surface area contributed by atoms with E-state index in [1.54, 1.807) is 12.1 Å². The molecule has 1 aromatic heterocycles. The summed E-state index contributed by atoms with van der Waals surface area (Å²) in [6.45, 7) is 0. The molecule has 0 aliphatic rings. The highest BCUT2D eigenvalue weighted by Crippen LogP contribution is 2.33. The van der Waals surface area contributed by atoms with Gasteiger partial charge in [-0.2, -0.15) is 0 Å². The predicted molar refractivity (Wildman–Crippen MR) is 92.6 cm³/mol. The minimum absolute atomic E-state index is 0.0641. The topological polar surface area (TPSA) is 64.1 Å². The van der Waals surface area contributed by atoms with Crippen LogP contribution in [0.4, 0.5) is 5.69 Å². The third-order valence-electron chi connectivity index (χ3n) is 3.85. The van der Waals surface area contributed by atoms with Gasteiger partial charge in [0.25, 0.3) is 0 Å². The number of nitrogens with two attached hydrogens (primary N) is 1. The number of aromatic nitrogens is 2. The maximum Gasteiger partial charge on any atom is 0.145 e. The zero-order valence-electron chi connectivity index (χ0n) is 12.3. The fourth-order valence-corrected chi connectivity index (χ4v) is 2.75. The number of anilines is 1. The van der Waals surface area contributed by atoms with Gasteiger partial charge < -0.3 is 10.8 Å². The van der Waals surface area contributed by atoms with E-state index in [4.69, 9.17) is 10.7 Å². The number of phenolic OH excluding ortho intramolecular Hbond substituents is 1. The summed E-state index contributed by atoms with van der Waals surface area (Å²) in [6, 6.07) is 23.3. The Balaban J connectivity index is 2.09. The summed E-state index contributed by atoms with van der Waals surface area (Å²) in [6.07, 6.45) is 0. The second kappa shape index (κ2) is 5.18. The Kier molecular flexibility index (Phi) is 3.01. The van der Waals surface area contributed by atoms with Crippen molar-refractivity contribution in [1.29, 1.82) is 0 Å². The quantitative estimate of drug-likeness (QED) is 0.435. The minimum atomic E-state index is 0.0641. The van der Waals surface area contributed by atoms with Crippen molar-refractivity contribution in [3.05, 3.63) is 72.8 Å². The third kappa shape index (κ3) is 2.21. The van der Waals surface area contributed by atoms with Gasteiger partial charge >= 0.3 is 0 Å². The number of rotatable bonds is 2. The Morgan fingerprint density at radius 1 is 0.870 bits per heavy atom. The molecule has 0 saturated carbocycles. The first kappa shape index (κ1) is 13.4. The average Bonchev–Trinajstić information content (AvgIpc) is 2.95. The third-order valence-corrected chi connectivity index (χ3v) is 3.85. The van der Waals surface area contributed by atoms with Crippen LogP contribution in [-0.4, -0.2) is 14.7 Å². The molecule has 0 aliphatic carbocycles. The molecule has 23 heavy (non-hydrogen) atoms. The summed E-state index contributed by atoms with van der Waals surface area (Å²) in [4.78, 5) is 4.73. The van der Waals surface area contributed by atoms with E-state index >= 15 is 0 Å². The smallest absolute Gasteiger partial charge is 0.145 e. The van der Waals surface area contributed by atoms with Gasteiger partial charge in [0.05, 0.1) is 16.7 Å². The molecule has 3 N–H and O–H groups in total. The normalized spacial score (nSPS) is 11.0. The van der Waals surface area contributed by atoms with Gasteiger partial charge in [0.15, 0.2) is 0 Å². The van der Waals surface area contributed by atoms with Crippen molar-refractivity contribution in [2.24, 2.45) is 0 Å². The first-order chi connectivity index (χ1) is 11.2. The van der Waals surface area contributed by atoms with E-state index in [1.165, 1.54) is 0 Å². The lowest BCUT2D eigenvalue weighted by atomic mass is 10.2. The predicted octanol–water partition coefficient (Wildman–Crippen LogP) is 3.98. The largest absolute Gasteiger partial charge is 0.506 e.